The summed E-state index contributed by atoms with van der Waals surface area (Å²) in [5.41, 5.74) is -0.166. The van der Waals surface area contributed by atoms with Gasteiger partial charge in [0.25, 0.3) is 0 Å². The molecule has 0 aromatic carbocycles. The van der Waals surface area contributed by atoms with Gasteiger partial charge in [-0.2, -0.15) is 0 Å². The summed E-state index contributed by atoms with van der Waals surface area (Å²) in [6, 6.07) is 0. The lowest BCUT2D eigenvalue weighted by Crippen LogP contribution is -2.58. The van der Waals surface area contributed by atoms with Crippen molar-refractivity contribution >= 4 is 5.91 Å². The first-order chi connectivity index (χ1) is 10.6. The number of nitrogens with zero attached hydrogens (tertiary/aromatic N) is 1. The van der Waals surface area contributed by atoms with E-state index in [1.54, 1.807) is 0 Å². The molecule has 2 atom stereocenters. The van der Waals surface area contributed by atoms with Crippen LogP contribution in [0.2, 0.25) is 0 Å². The third-order valence-corrected chi connectivity index (χ3v) is 6.37. The fourth-order valence-electron chi connectivity index (χ4n) is 5.61. The molecule has 2 saturated heterocycles. The highest BCUT2D eigenvalue weighted by Gasteiger charge is 2.68. The fraction of sp³-hybridized carbons (Fsp3) is 0.944. The van der Waals surface area contributed by atoms with Crippen LogP contribution in [-0.4, -0.2) is 58.4 Å². The second-order valence-electron chi connectivity index (χ2n) is 9.43. The van der Waals surface area contributed by atoms with Gasteiger partial charge in [0.2, 0.25) is 5.91 Å². The lowest BCUT2D eigenvalue weighted by Gasteiger charge is -2.46. The van der Waals surface area contributed by atoms with E-state index in [1.807, 2.05) is 4.90 Å². The van der Waals surface area contributed by atoms with E-state index < -0.39 is 0 Å². The van der Waals surface area contributed by atoms with E-state index in [-0.39, 0.29) is 35.6 Å². The van der Waals surface area contributed by atoms with Gasteiger partial charge in [-0.1, -0.05) is 0 Å². The Bertz CT molecular complexity index is 455. The minimum Gasteiger partial charge on any atom is -0.396 e. The zero-order valence-corrected chi connectivity index (χ0v) is 14.9. The predicted molar refractivity (Wildman–Crippen MR) is 88.8 cm³/mol. The monoisotopic (exact) mass is 324 g/mol. The van der Waals surface area contributed by atoms with Crippen molar-refractivity contribution in [3.63, 3.8) is 0 Å². The van der Waals surface area contributed by atoms with Crippen LogP contribution in [0.4, 0.5) is 0 Å². The van der Waals surface area contributed by atoms with Crippen LogP contribution in [-0.2, 0) is 4.79 Å². The molecule has 2 heterocycles. The van der Waals surface area contributed by atoms with Crippen LogP contribution in [0.25, 0.3) is 0 Å². The number of likely N-dealkylation sites (tertiary alicyclic amines) is 1. The van der Waals surface area contributed by atoms with E-state index in [2.05, 4.69) is 33.0 Å². The topological polar surface area (TPSA) is 72.8 Å². The lowest BCUT2D eigenvalue weighted by atomic mass is 9.74. The third kappa shape index (κ3) is 3.03. The number of nitrogens with one attached hydrogen (secondary N) is 1. The number of aliphatic hydroxyl groups is 2. The van der Waals surface area contributed by atoms with Gasteiger partial charge in [0.15, 0.2) is 0 Å². The second-order valence-corrected chi connectivity index (χ2v) is 9.43. The summed E-state index contributed by atoms with van der Waals surface area (Å²) in [6.07, 6.45) is 2.68. The van der Waals surface area contributed by atoms with Crippen molar-refractivity contribution < 1.29 is 15.0 Å². The molecule has 0 aromatic rings. The van der Waals surface area contributed by atoms with Gasteiger partial charge in [0, 0.05) is 36.0 Å². The van der Waals surface area contributed by atoms with Crippen LogP contribution < -0.4 is 5.32 Å². The molecule has 3 N–H and O–H groups in total. The first-order valence-corrected chi connectivity index (χ1v) is 8.91. The first-order valence-electron chi connectivity index (χ1n) is 8.91. The Labute approximate surface area is 139 Å². The van der Waals surface area contributed by atoms with E-state index in [1.165, 1.54) is 0 Å². The van der Waals surface area contributed by atoms with E-state index in [4.69, 9.17) is 0 Å². The molecular weight excluding hydrogens is 292 g/mol. The molecule has 0 bridgehead atoms. The number of aliphatic hydroxyl groups excluding tert-OH is 2. The highest BCUT2D eigenvalue weighted by Crippen LogP contribution is 2.62. The SMILES string of the molecule is CC1(C)CC(CC(=O)N2CC3C(C2)C3(CO)CO)CC(C)(C)N1. The summed E-state index contributed by atoms with van der Waals surface area (Å²) < 4.78 is 0. The number of fused-ring (bicyclic) bond motifs is 1. The van der Waals surface area contributed by atoms with E-state index in [9.17, 15) is 15.0 Å². The number of carbonyl (C=O) groups is 1. The van der Waals surface area contributed by atoms with Crippen LogP contribution in [0.3, 0.4) is 0 Å². The molecule has 1 amide bonds. The molecule has 0 spiro atoms. The number of rotatable bonds is 4. The largest absolute Gasteiger partial charge is 0.396 e. The van der Waals surface area contributed by atoms with Gasteiger partial charge in [0.1, 0.15) is 0 Å². The quantitative estimate of drug-likeness (QED) is 0.721. The smallest absolute Gasteiger partial charge is 0.222 e. The number of hydrogen-bond donors (Lipinski definition) is 3. The molecule has 3 rings (SSSR count). The van der Waals surface area contributed by atoms with Crippen LogP contribution in [0.15, 0.2) is 0 Å². The molecule has 0 aromatic heterocycles. The molecule has 2 unspecified atom stereocenters. The zero-order chi connectivity index (χ0) is 17.0. The Morgan fingerprint density at radius 1 is 1.04 bits per heavy atom. The van der Waals surface area contributed by atoms with Gasteiger partial charge >= 0.3 is 0 Å². The van der Waals surface area contributed by atoms with Gasteiger partial charge in [-0.05, 0) is 58.3 Å². The third-order valence-electron chi connectivity index (χ3n) is 6.37. The van der Waals surface area contributed by atoms with E-state index in [0.717, 1.165) is 12.8 Å². The summed E-state index contributed by atoms with van der Waals surface area (Å²) >= 11 is 0. The second kappa shape index (κ2) is 5.43. The normalized spacial score (nSPS) is 34.3. The number of amides is 1. The molecule has 2 aliphatic heterocycles. The molecule has 1 saturated carbocycles. The van der Waals surface area contributed by atoms with Crippen molar-refractivity contribution in [2.24, 2.45) is 23.2 Å². The van der Waals surface area contributed by atoms with Crippen LogP contribution in [0.5, 0.6) is 0 Å². The first kappa shape index (κ1) is 17.2. The van der Waals surface area contributed by atoms with Gasteiger partial charge in [0.05, 0.1) is 13.2 Å². The molecule has 1 aliphatic carbocycles. The zero-order valence-electron chi connectivity index (χ0n) is 14.9. The fourth-order valence-corrected chi connectivity index (χ4v) is 5.61. The van der Waals surface area contributed by atoms with E-state index in [0.29, 0.717) is 37.3 Å². The van der Waals surface area contributed by atoms with Crippen molar-refractivity contribution in [2.45, 2.75) is 58.0 Å². The van der Waals surface area contributed by atoms with Crippen molar-refractivity contribution in [1.82, 2.24) is 10.2 Å². The average Bonchev–Trinajstić information content (AvgIpc) is 2.76. The number of hydrogen-bond acceptors (Lipinski definition) is 4. The lowest BCUT2D eigenvalue weighted by molar-refractivity contribution is -0.133. The molecule has 3 fully saturated rings. The summed E-state index contributed by atoms with van der Waals surface area (Å²) in [5.74, 6) is 1.26. The Kier molecular flexibility index (Phi) is 4.06. The van der Waals surface area contributed by atoms with Gasteiger partial charge in [-0.15, -0.1) is 0 Å². The van der Waals surface area contributed by atoms with Crippen molar-refractivity contribution in [1.29, 1.82) is 0 Å². The average molecular weight is 324 g/mol. The van der Waals surface area contributed by atoms with Gasteiger partial charge in [-0.25, -0.2) is 0 Å². The maximum Gasteiger partial charge on any atom is 0.222 e. The van der Waals surface area contributed by atoms with Crippen molar-refractivity contribution in [2.75, 3.05) is 26.3 Å². The maximum atomic E-state index is 12.7. The molecular formula is C18H32N2O3. The van der Waals surface area contributed by atoms with Gasteiger partial charge in [-0.3, -0.25) is 4.79 Å². The highest BCUT2D eigenvalue weighted by atomic mass is 16.3. The highest BCUT2D eigenvalue weighted by molar-refractivity contribution is 5.77. The predicted octanol–water partition coefficient (Wildman–Crippen LogP) is 0.993. The molecule has 5 heteroatoms. The molecule has 3 aliphatic rings. The Morgan fingerprint density at radius 3 is 1.96 bits per heavy atom. The Morgan fingerprint density at radius 2 is 1.52 bits per heavy atom. The molecule has 23 heavy (non-hydrogen) atoms. The number of carbonyl (C=O) groups excluding carboxylic acids is 1. The van der Waals surface area contributed by atoms with Crippen LogP contribution in [0.1, 0.15) is 47.0 Å². The molecule has 0 radical (unpaired) electrons. The maximum absolute atomic E-state index is 12.7. The van der Waals surface area contributed by atoms with Crippen molar-refractivity contribution in [3.05, 3.63) is 0 Å². The molecule has 132 valence electrons. The number of piperidine rings is 2. The van der Waals surface area contributed by atoms with E-state index >= 15 is 0 Å². The molecule has 5 nitrogen and oxygen atoms in total. The van der Waals surface area contributed by atoms with Crippen LogP contribution >= 0.6 is 0 Å². The standard InChI is InChI=1S/C18H32N2O3/c1-16(2)6-12(7-17(3,4)19-16)5-15(23)20-8-13-14(9-20)18(13,10-21)11-22/h12-14,19,21-22H,5-11H2,1-4H3. The van der Waals surface area contributed by atoms with Crippen LogP contribution in [0, 0.1) is 23.2 Å². The summed E-state index contributed by atoms with van der Waals surface area (Å²) in [5, 5.41) is 22.7. The Balaban J connectivity index is 1.55. The summed E-state index contributed by atoms with van der Waals surface area (Å²) in [6.45, 7) is 10.4. The minimum atomic E-state index is -0.310. The van der Waals surface area contributed by atoms with Gasteiger partial charge < -0.3 is 20.4 Å². The Hall–Kier alpha value is -0.650. The summed E-state index contributed by atoms with van der Waals surface area (Å²) in [7, 11) is 0. The van der Waals surface area contributed by atoms with Crippen molar-refractivity contribution in [3.8, 4) is 0 Å². The minimum absolute atomic E-state index is 0.0392. The summed E-state index contributed by atoms with van der Waals surface area (Å²) in [4.78, 5) is 14.6.